The van der Waals surface area contributed by atoms with Crippen LogP contribution in [0.4, 0.5) is 0 Å². The Hall–Kier alpha value is -7.98. The van der Waals surface area contributed by atoms with Gasteiger partial charge in [-0.15, -0.1) is 0 Å². The summed E-state index contributed by atoms with van der Waals surface area (Å²) in [6, 6.07) is 94.3. The molecule has 0 N–H and O–H groups in total. The number of para-hydroxylation sites is 3. The number of aromatic nitrogens is 2. The van der Waals surface area contributed by atoms with Crippen molar-refractivity contribution < 1.29 is 0 Å². The second-order valence-electron chi connectivity index (χ2n) is 16.4. The lowest BCUT2D eigenvalue weighted by Crippen LogP contribution is -2.74. The first-order valence-corrected chi connectivity index (χ1v) is 23.8. The zero-order valence-electron chi connectivity index (χ0n) is 34.6. The van der Waals surface area contributed by atoms with Gasteiger partial charge in [0.15, 0.2) is 8.07 Å². The number of benzene rings is 10. The van der Waals surface area contributed by atoms with E-state index in [1.165, 1.54) is 86.6 Å². The quantitative estimate of drug-likeness (QED) is 0.107. The van der Waals surface area contributed by atoms with Gasteiger partial charge in [-0.2, -0.15) is 0 Å². The van der Waals surface area contributed by atoms with Gasteiger partial charge in [0.2, 0.25) is 0 Å². The van der Waals surface area contributed by atoms with Crippen molar-refractivity contribution in [2.75, 3.05) is 0 Å². The molecule has 2 heterocycles. The molecule has 12 aromatic rings. The molecular formula is C60H42N2Si. The number of rotatable bonds is 8. The fourth-order valence-electron chi connectivity index (χ4n) is 10.4. The highest BCUT2D eigenvalue weighted by molar-refractivity contribution is 7.20. The third-order valence-corrected chi connectivity index (χ3v) is 17.9. The first-order valence-electron chi connectivity index (χ1n) is 21.8. The van der Waals surface area contributed by atoms with Crippen LogP contribution in [-0.2, 0) is 0 Å². The van der Waals surface area contributed by atoms with Gasteiger partial charge in [-0.25, -0.2) is 0 Å². The summed E-state index contributed by atoms with van der Waals surface area (Å²) < 4.78 is 4.98. The Morgan fingerprint density at radius 1 is 0.286 bits per heavy atom. The van der Waals surface area contributed by atoms with Crippen LogP contribution >= 0.6 is 0 Å². The molecule has 0 atom stereocenters. The van der Waals surface area contributed by atoms with E-state index in [9.17, 15) is 0 Å². The molecule has 0 aliphatic heterocycles. The first-order chi connectivity index (χ1) is 31.3. The number of nitrogens with zero attached hydrogens (tertiary/aromatic N) is 2. The van der Waals surface area contributed by atoms with Gasteiger partial charge in [-0.3, -0.25) is 0 Å². The maximum absolute atomic E-state index is 2.97. The smallest absolute Gasteiger partial charge is 0.180 e. The molecule has 12 rings (SSSR count). The molecule has 0 fully saturated rings. The third-order valence-electron chi connectivity index (χ3n) is 13.1. The largest absolute Gasteiger partial charge is 0.309 e. The molecule has 0 saturated carbocycles. The van der Waals surface area contributed by atoms with Crippen molar-refractivity contribution in [3.8, 4) is 33.6 Å². The molecular weight excluding hydrogens is 777 g/mol. The molecule has 10 aromatic carbocycles. The van der Waals surface area contributed by atoms with E-state index < -0.39 is 8.07 Å². The van der Waals surface area contributed by atoms with Crippen molar-refractivity contribution >= 4 is 72.4 Å². The summed E-state index contributed by atoms with van der Waals surface area (Å²) >= 11 is 0. The number of fused-ring (bicyclic) bond motifs is 6. The Labute approximate surface area is 368 Å². The molecule has 0 radical (unpaired) electrons. The molecule has 0 aliphatic carbocycles. The van der Waals surface area contributed by atoms with Crippen molar-refractivity contribution in [2.24, 2.45) is 0 Å². The fraction of sp³-hybridized carbons (Fsp3) is 0. The monoisotopic (exact) mass is 818 g/mol. The van der Waals surface area contributed by atoms with Gasteiger partial charge in [0.05, 0.1) is 27.8 Å². The molecule has 0 amide bonds. The van der Waals surface area contributed by atoms with Crippen LogP contribution in [0.15, 0.2) is 255 Å². The lowest BCUT2D eigenvalue weighted by Gasteiger charge is -2.35. The highest BCUT2D eigenvalue weighted by Crippen LogP contribution is 2.39. The summed E-state index contributed by atoms with van der Waals surface area (Å²) in [4.78, 5) is 0. The topological polar surface area (TPSA) is 9.86 Å². The highest BCUT2D eigenvalue weighted by Gasteiger charge is 2.43. The van der Waals surface area contributed by atoms with E-state index in [2.05, 4.69) is 264 Å². The Bertz CT molecular complexity index is 3550. The predicted octanol–water partition coefficient (Wildman–Crippen LogP) is 12.6. The Morgan fingerprint density at radius 2 is 0.778 bits per heavy atom. The van der Waals surface area contributed by atoms with Crippen LogP contribution in [0, 0.1) is 0 Å². The van der Waals surface area contributed by atoms with E-state index >= 15 is 0 Å². The van der Waals surface area contributed by atoms with E-state index in [0.717, 1.165) is 11.4 Å². The predicted molar refractivity (Wildman–Crippen MR) is 270 cm³/mol. The lowest BCUT2D eigenvalue weighted by atomic mass is 10.0. The third kappa shape index (κ3) is 5.85. The van der Waals surface area contributed by atoms with Gasteiger partial charge in [0.25, 0.3) is 0 Å². The van der Waals surface area contributed by atoms with Crippen molar-refractivity contribution in [3.05, 3.63) is 255 Å². The van der Waals surface area contributed by atoms with Crippen molar-refractivity contribution in [1.82, 2.24) is 9.13 Å². The molecule has 0 saturated heterocycles. The van der Waals surface area contributed by atoms with E-state index in [0.29, 0.717) is 0 Å². The van der Waals surface area contributed by atoms with Crippen molar-refractivity contribution in [2.45, 2.75) is 0 Å². The van der Waals surface area contributed by atoms with Gasteiger partial charge >= 0.3 is 0 Å². The fourth-order valence-corrected chi connectivity index (χ4v) is 15.4. The number of hydrogen-bond acceptors (Lipinski definition) is 0. The first kappa shape index (κ1) is 36.8. The lowest BCUT2D eigenvalue weighted by molar-refractivity contribution is 1.16. The molecule has 63 heavy (non-hydrogen) atoms. The summed E-state index contributed by atoms with van der Waals surface area (Å²) in [6.07, 6.45) is 0. The Balaban J connectivity index is 1.15. The Kier molecular flexibility index (Phi) is 8.87. The molecule has 0 bridgehead atoms. The second-order valence-corrected chi connectivity index (χ2v) is 20.2. The molecule has 0 aliphatic rings. The van der Waals surface area contributed by atoms with Crippen LogP contribution in [-0.4, -0.2) is 17.2 Å². The molecule has 296 valence electrons. The van der Waals surface area contributed by atoms with Crippen molar-refractivity contribution in [1.29, 1.82) is 0 Å². The second kappa shape index (κ2) is 15.2. The summed E-state index contributed by atoms with van der Waals surface area (Å²) in [5.74, 6) is 0. The maximum Gasteiger partial charge on any atom is 0.180 e. The SMILES string of the molecule is c1ccc(-c2ccc([Si](c3ccccc3)(c3ccccc3)c3cccc4c3c3ccccc3n4-c3ccc4c5ccccc5n(-c5ccccc5-c5ccccc5)c4c3)cc2)cc1. The molecule has 2 nitrogen and oxygen atoms in total. The summed E-state index contributed by atoms with van der Waals surface area (Å²) in [5, 5.41) is 10.5. The zero-order chi connectivity index (χ0) is 41.7. The number of hydrogen-bond donors (Lipinski definition) is 0. The van der Waals surface area contributed by atoms with Crippen LogP contribution in [0.1, 0.15) is 0 Å². The minimum Gasteiger partial charge on any atom is -0.309 e. The van der Waals surface area contributed by atoms with Crippen LogP contribution in [0.5, 0.6) is 0 Å². The normalized spacial score (nSPS) is 11.8. The molecule has 0 unspecified atom stereocenters. The van der Waals surface area contributed by atoms with Gasteiger partial charge in [-0.05, 0) is 73.8 Å². The summed E-state index contributed by atoms with van der Waals surface area (Å²) in [7, 11) is -2.97. The van der Waals surface area contributed by atoms with Crippen LogP contribution in [0.2, 0.25) is 0 Å². The Morgan fingerprint density at radius 3 is 1.46 bits per heavy atom. The standard InChI is InChI=1S/C60H42N2Si/c1-5-20-43(21-6-1)44-36-39-49(40-37-44)63(47-24-9-3-10-25-47,48-26-11-4-12-27-48)59-35-19-34-57-60(59)53-30-15-18-33-56(53)61(57)46-38-41-52-51-29-14-17-32-55(51)62(58(52)42-46)54-31-16-13-28-50(54)45-22-7-2-8-23-45/h1-42H. The molecule has 3 heteroatoms. The highest BCUT2D eigenvalue weighted by atomic mass is 28.3. The summed E-state index contributed by atoms with van der Waals surface area (Å²) in [6.45, 7) is 0. The van der Waals surface area contributed by atoms with Crippen LogP contribution < -0.4 is 20.7 Å². The average molecular weight is 819 g/mol. The van der Waals surface area contributed by atoms with E-state index in [1.54, 1.807) is 0 Å². The van der Waals surface area contributed by atoms with E-state index in [1.807, 2.05) is 0 Å². The summed E-state index contributed by atoms with van der Waals surface area (Å²) in [5.41, 5.74) is 11.9. The van der Waals surface area contributed by atoms with E-state index in [4.69, 9.17) is 0 Å². The minimum absolute atomic E-state index is 1.13. The zero-order valence-corrected chi connectivity index (χ0v) is 35.6. The molecule has 2 aromatic heterocycles. The van der Waals surface area contributed by atoms with Crippen molar-refractivity contribution in [3.63, 3.8) is 0 Å². The van der Waals surface area contributed by atoms with E-state index in [-0.39, 0.29) is 0 Å². The van der Waals surface area contributed by atoms with Gasteiger partial charge in [0, 0.05) is 32.8 Å². The van der Waals surface area contributed by atoms with Crippen LogP contribution in [0.25, 0.3) is 77.2 Å². The average Bonchev–Trinajstić information content (AvgIpc) is 3.88. The van der Waals surface area contributed by atoms with Gasteiger partial charge < -0.3 is 9.13 Å². The van der Waals surface area contributed by atoms with Crippen LogP contribution in [0.3, 0.4) is 0 Å². The molecule has 0 spiro atoms. The maximum atomic E-state index is 2.51. The minimum atomic E-state index is -2.97. The van der Waals surface area contributed by atoms with Gasteiger partial charge in [0.1, 0.15) is 0 Å². The van der Waals surface area contributed by atoms with Gasteiger partial charge in [-0.1, -0.05) is 218 Å².